The van der Waals surface area contributed by atoms with Crippen LogP contribution in [0.1, 0.15) is 39.8 Å². The van der Waals surface area contributed by atoms with Crippen LogP contribution in [0.5, 0.6) is 0 Å². The smallest absolute Gasteiger partial charge is 0.271 e. The second-order valence-corrected chi connectivity index (χ2v) is 9.41. The van der Waals surface area contributed by atoms with E-state index in [9.17, 15) is 14.4 Å². The van der Waals surface area contributed by atoms with E-state index in [1.807, 2.05) is 24.3 Å². The van der Waals surface area contributed by atoms with Gasteiger partial charge in [-0.25, -0.2) is 0 Å². The SMILES string of the molecule is CC=CC(=O)Nc1cccc(CN2CC[C@@H](NC(=O)c3[nH]ncc3NC(=O)c3c(Cl)cccc3Cl)C2)c1. The number of aromatic amines is 1. The first kappa shape index (κ1) is 26.4. The molecule has 0 unspecified atom stereocenters. The van der Waals surface area contributed by atoms with Gasteiger partial charge in [0, 0.05) is 31.4 Å². The molecule has 2 heterocycles. The first-order chi connectivity index (χ1) is 17.8. The van der Waals surface area contributed by atoms with E-state index in [1.54, 1.807) is 31.2 Å². The van der Waals surface area contributed by atoms with Crippen LogP contribution in [-0.2, 0) is 11.3 Å². The zero-order valence-electron chi connectivity index (χ0n) is 20.1. The number of anilines is 2. The maximum Gasteiger partial charge on any atom is 0.271 e. The number of H-pyrrole nitrogens is 1. The Hall–Kier alpha value is -3.66. The fraction of sp³-hybridized carbons (Fsp3) is 0.231. The summed E-state index contributed by atoms with van der Waals surface area (Å²) in [5.41, 5.74) is 2.28. The molecule has 0 spiro atoms. The number of rotatable bonds is 8. The number of halogens is 2. The van der Waals surface area contributed by atoms with Gasteiger partial charge < -0.3 is 16.0 Å². The fourth-order valence-corrected chi connectivity index (χ4v) is 4.72. The van der Waals surface area contributed by atoms with E-state index in [2.05, 4.69) is 31.0 Å². The van der Waals surface area contributed by atoms with E-state index in [0.29, 0.717) is 13.1 Å². The molecule has 11 heteroatoms. The number of hydrogen-bond donors (Lipinski definition) is 4. The van der Waals surface area contributed by atoms with Gasteiger partial charge in [0.2, 0.25) is 5.91 Å². The molecule has 37 heavy (non-hydrogen) atoms. The van der Waals surface area contributed by atoms with Gasteiger partial charge in [-0.1, -0.05) is 47.5 Å². The molecule has 0 bridgehead atoms. The van der Waals surface area contributed by atoms with Crippen LogP contribution in [0.25, 0.3) is 0 Å². The molecule has 1 aliphatic heterocycles. The van der Waals surface area contributed by atoms with Gasteiger partial charge in [-0.15, -0.1) is 0 Å². The summed E-state index contributed by atoms with van der Waals surface area (Å²) in [5, 5.41) is 15.5. The highest BCUT2D eigenvalue weighted by Crippen LogP contribution is 2.26. The lowest BCUT2D eigenvalue weighted by molar-refractivity contribution is -0.111. The summed E-state index contributed by atoms with van der Waals surface area (Å²) < 4.78 is 0. The quantitative estimate of drug-likeness (QED) is 0.314. The molecular weight excluding hydrogens is 515 g/mol. The van der Waals surface area contributed by atoms with Crippen molar-refractivity contribution >= 4 is 52.3 Å². The van der Waals surface area contributed by atoms with Crippen LogP contribution in [0.3, 0.4) is 0 Å². The number of hydrogen-bond acceptors (Lipinski definition) is 5. The van der Waals surface area contributed by atoms with Crippen LogP contribution in [0.15, 0.2) is 60.8 Å². The van der Waals surface area contributed by atoms with Crippen molar-refractivity contribution in [2.75, 3.05) is 23.7 Å². The molecule has 1 saturated heterocycles. The van der Waals surface area contributed by atoms with Crippen LogP contribution < -0.4 is 16.0 Å². The topological polar surface area (TPSA) is 119 Å². The third-order valence-corrected chi connectivity index (χ3v) is 6.46. The van der Waals surface area contributed by atoms with E-state index in [1.165, 1.54) is 12.3 Å². The normalized spacial score (nSPS) is 15.6. The molecule has 192 valence electrons. The summed E-state index contributed by atoms with van der Waals surface area (Å²) in [6.07, 6.45) is 5.30. The van der Waals surface area contributed by atoms with Gasteiger partial charge in [-0.2, -0.15) is 5.10 Å². The van der Waals surface area contributed by atoms with Crippen molar-refractivity contribution in [3.8, 4) is 0 Å². The average Bonchev–Trinajstić information content (AvgIpc) is 3.48. The lowest BCUT2D eigenvalue weighted by Gasteiger charge is -2.17. The number of carbonyl (C=O) groups excluding carboxylic acids is 3. The first-order valence-corrected chi connectivity index (χ1v) is 12.4. The van der Waals surface area contributed by atoms with Gasteiger partial charge in [-0.3, -0.25) is 24.4 Å². The van der Waals surface area contributed by atoms with Gasteiger partial charge in [0.15, 0.2) is 0 Å². The summed E-state index contributed by atoms with van der Waals surface area (Å²) in [7, 11) is 0. The molecule has 0 aliphatic carbocycles. The molecule has 4 N–H and O–H groups in total. The van der Waals surface area contributed by atoms with E-state index >= 15 is 0 Å². The van der Waals surface area contributed by atoms with Gasteiger partial charge in [0.25, 0.3) is 11.8 Å². The number of aromatic nitrogens is 2. The van der Waals surface area contributed by atoms with Crippen molar-refractivity contribution in [1.29, 1.82) is 0 Å². The first-order valence-electron chi connectivity index (χ1n) is 11.7. The number of allylic oxidation sites excluding steroid dienone is 1. The highest BCUT2D eigenvalue weighted by atomic mass is 35.5. The third-order valence-electron chi connectivity index (χ3n) is 5.83. The number of amides is 3. The second-order valence-electron chi connectivity index (χ2n) is 8.59. The van der Waals surface area contributed by atoms with Gasteiger partial charge in [-0.05, 0) is 49.2 Å². The van der Waals surface area contributed by atoms with Crippen molar-refractivity contribution in [1.82, 2.24) is 20.4 Å². The zero-order valence-corrected chi connectivity index (χ0v) is 21.6. The van der Waals surface area contributed by atoms with Crippen molar-refractivity contribution in [2.45, 2.75) is 25.9 Å². The molecule has 1 atom stereocenters. The van der Waals surface area contributed by atoms with Crippen molar-refractivity contribution in [2.24, 2.45) is 0 Å². The van der Waals surface area contributed by atoms with E-state index < -0.39 is 5.91 Å². The summed E-state index contributed by atoms with van der Waals surface area (Å²) in [6.45, 7) is 3.94. The molecule has 0 saturated carbocycles. The van der Waals surface area contributed by atoms with Crippen LogP contribution in [0.2, 0.25) is 10.0 Å². The Morgan fingerprint density at radius 3 is 2.62 bits per heavy atom. The molecule has 3 aromatic rings. The van der Waals surface area contributed by atoms with E-state index in [-0.39, 0.29) is 44.8 Å². The Balaban J connectivity index is 1.33. The number of nitrogens with one attached hydrogen (secondary N) is 4. The molecule has 4 rings (SSSR count). The number of likely N-dealkylation sites (tertiary alicyclic amines) is 1. The number of nitrogens with zero attached hydrogens (tertiary/aromatic N) is 2. The summed E-state index contributed by atoms with van der Waals surface area (Å²) >= 11 is 12.2. The molecule has 9 nitrogen and oxygen atoms in total. The highest BCUT2D eigenvalue weighted by molar-refractivity contribution is 6.40. The van der Waals surface area contributed by atoms with Gasteiger partial charge >= 0.3 is 0 Å². The maximum atomic E-state index is 13.0. The Morgan fingerprint density at radius 1 is 1.11 bits per heavy atom. The fourth-order valence-electron chi connectivity index (χ4n) is 4.15. The molecule has 0 radical (unpaired) electrons. The molecule has 2 aromatic carbocycles. The minimum Gasteiger partial charge on any atom is -0.347 e. The lowest BCUT2D eigenvalue weighted by Crippen LogP contribution is -2.37. The standard InChI is InChI=1S/C26H26Cl2N6O3/c1-2-5-22(35)30-17-7-3-6-16(12-17)14-34-11-10-18(15-34)31-26(37)24-21(13-29-33-24)32-25(36)23-19(27)8-4-9-20(23)28/h2-9,12-13,18H,10-11,14-15H2,1H3,(H,29,33)(H,30,35)(H,31,37)(H,32,36)/t18-/m1/s1. The van der Waals surface area contributed by atoms with Gasteiger partial charge in [0.05, 0.1) is 27.5 Å². The molecule has 1 fully saturated rings. The zero-order chi connectivity index (χ0) is 26.4. The molecule has 1 aromatic heterocycles. The molecule has 3 amide bonds. The maximum absolute atomic E-state index is 13.0. The summed E-state index contributed by atoms with van der Waals surface area (Å²) in [4.78, 5) is 39.7. The van der Waals surface area contributed by atoms with Crippen molar-refractivity contribution in [3.05, 3.63) is 87.7 Å². The molecule has 1 aliphatic rings. The Morgan fingerprint density at radius 2 is 1.86 bits per heavy atom. The minimum absolute atomic E-state index is 0.0741. The predicted molar refractivity (Wildman–Crippen MR) is 144 cm³/mol. The average molecular weight is 541 g/mol. The van der Waals surface area contributed by atoms with E-state index in [4.69, 9.17) is 23.2 Å². The third kappa shape index (κ3) is 6.76. The molecular formula is C26H26Cl2N6O3. The minimum atomic E-state index is -0.540. The summed E-state index contributed by atoms with van der Waals surface area (Å²) in [6, 6.07) is 12.4. The predicted octanol–water partition coefficient (Wildman–Crippen LogP) is 4.49. The van der Waals surface area contributed by atoms with Crippen molar-refractivity contribution in [3.63, 3.8) is 0 Å². The van der Waals surface area contributed by atoms with Crippen LogP contribution in [0, 0.1) is 0 Å². The van der Waals surface area contributed by atoms with Crippen LogP contribution in [0.4, 0.5) is 11.4 Å². The largest absolute Gasteiger partial charge is 0.347 e. The Labute approximate surface area is 224 Å². The Kier molecular flexibility index (Phi) is 8.60. The van der Waals surface area contributed by atoms with Crippen LogP contribution in [-0.4, -0.2) is 52.0 Å². The Bertz CT molecular complexity index is 1320. The number of carbonyl (C=O) groups is 3. The van der Waals surface area contributed by atoms with E-state index in [0.717, 1.165) is 24.2 Å². The van der Waals surface area contributed by atoms with Crippen molar-refractivity contribution < 1.29 is 14.4 Å². The lowest BCUT2D eigenvalue weighted by atomic mass is 10.2. The van der Waals surface area contributed by atoms with Crippen LogP contribution >= 0.6 is 23.2 Å². The second kappa shape index (κ2) is 12.1. The van der Waals surface area contributed by atoms with Gasteiger partial charge in [0.1, 0.15) is 5.69 Å². The highest BCUT2D eigenvalue weighted by Gasteiger charge is 2.26. The summed E-state index contributed by atoms with van der Waals surface area (Å²) in [5.74, 6) is -1.09. The monoisotopic (exact) mass is 540 g/mol. The number of benzene rings is 2.